The van der Waals surface area contributed by atoms with E-state index in [0.717, 1.165) is 25.1 Å². The summed E-state index contributed by atoms with van der Waals surface area (Å²) in [5, 5.41) is 61.4. The van der Waals surface area contributed by atoms with Gasteiger partial charge in [-0.2, -0.15) is 11.8 Å². The quantitative estimate of drug-likeness (QED) is 0.0194. The molecule has 71 heavy (non-hydrogen) atoms. The number of nitro groups is 2. The van der Waals surface area contributed by atoms with E-state index < -0.39 is 136 Å². The first-order valence-corrected chi connectivity index (χ1v) is 23.6. The zero-order valence-electron chi connectivity index (χ0n) is 39.5. The third-order valence-corrected chi connectivity index (χ3v) is 11.1. The number of anilines is 2. The van der Waals surface area contributed by atoms with Crippen LogP contribution in [0.1, 0.15) is 76.1 Å². The number of nitrogens with zero attached hydrogens (tertiary/aromatic N) is 2. The zero-order valence-corrected chi connectivity index (χ0v) is 40.3. The summed E-state index contributed by atoms with van der Waals surface area (Å²) >= 11 is 1.30. The van der Waals surface area contributed by atoms with Crippen molar-refractivity contribution in [1.29, 1.82) is 0 Å². The molecule has 0 aliphatic carbocycles. The number of nitrogens with one attached hydrogen (secondary N) is 8. The van der Waals surface area contributed by atoms with Crippen LogP contribution < -0.4 is 54.0 Å². The number of aliphatic carboxylic acids is 2. The molecule has 6 atom stereocenters. The van der Waals surface area contributed by atoms with Crippen LogP contribution in [0.4, 0.5) is 22.7 Å². The summed E-state index contributed by atoms with van der Waals surface area (Å²) in [6, 6.07) is 0.442. The average molecular weight is 1020 g/mol. The van der Waals surface area contributed by atoms with Crippen LogP contribution in [0, 0.1) is 26.1 Å². The lowest BCUT2D eigenvalue weighted by atomic mass is 10.0. The van der Waals surface area contributed by atoms with Crippen molar-refractivity contribution in [2.24, 2.45) is 11.7 Å². The summed E-state index contributed by atoms with van der Waals surface area (Å²) in [5.74, 6) is -9.28. The number of nitro benzene ring substituents is 2. The normalized spacial score (nSPS) is 13.4. The van der Waals surface area contributed by atoms with Crippen LogP contribution in [0.25, 0.3) is 0 Å². The van der Waals surface area contributed by atoms with Gasteiger partial charge in [-0.3, -0.25) is 58.6 Å². The number of nitrogen functional groups attached to an aromatic ring is 1. The van der Waals surface area contributed by atoms with E-state index >= 15 is 0 Å². The van der Waals surface area contributed by atoms with Crippen molar-refractivity contribution in [3.8, 4) is 0 Å². The van der Waals surface area contributed by atoms with Gasteiger partial charge in [0.1, 0.15) is 41.9 Å². The number of para-hydroxylation sites is 1. The molecule has 14 N–H and O–H groups in total. The summed E-state index contributed by atoms with van der Waals surface area (Å²) in [6.07, 6.45) is 0.744. The monoisotopic (exact) mass is 1020 g/mol. The van der Waals surface area contributed by atoms with E-state index in [1.54, 1.807) is 32.2 Å². The Morgan fingerprint density at radius 3 is 1.89 bits per heavy atom. The minimum Gasteiger partial charge on any atom is -0.481 e. The van der Waals surface area contributed by atoms with Gasteiger partial charge in [-0.05, 0) is 81.7 Å². The minimum atomic E-state index is -1.82. The van der Waals surface area contributed by atoms with Gasteiger partial charge in [0.25, 0.3) is 17.3 Å². The molecule has 0 aliphatic rings. The van der Waals surface area contributed by atoms with E-state index in [1.807, 2.05) is 0 Å². The second-order valence-corrected chi connectivity index (χ2v) is 17.3. The number of nitrogens with two attached hydrogens (primary N) is 2. The molecule has 7 amide bonds. The van der Waals surface area contributed by atoms with Gasteiger partial charge >= 0.3 is 11.9 Å². The molecule has 390 valence electrons. The van der Waals surface area contributed by atoms with Gasteiger partial charge in [-0.15, -0.1) is 0 Å². The van der Waals surface area contributed by atoms with Crippen LogP contribution in [-0.2, 0) is 38.4 Å². The number of unbranched alkanes of at least 4 members (excludes halogenated alkanes) is 1. The molecule has 0 fully saturated rings. The van der Waals surface area contributed by atoms with Crippen LogP contribution in [0.5, 0.6) is 0 Å². The van der Waals surface area contributed by atoms with Gasteiger partial charge in [0.2, 0.25) is 35.4 Å². The zero-order chi connectivity index (χ0) is 53.4. The molecule has 0 aromatic heterocycles. The van der Waals surface area contributed by atoms with E-state index in [-0.39, 0.29) is 49.4 Å². The van der Waals surface area contributed by atoms with Gasteiger partial charge in [-0.25, -0.2) is 4.79 Å². The molecule has 0 spiro atoms. The Morgan fingerprint density at radius 1 is 0.704 bits per heavy atom. The van der Waals surface area contributed by atoms with Gasteiger partial charge < -0.3 is 64.2 Å². The van der Waals surface area contributed by atoms with E-state index in [2.05, 4.69) is 42.5 Å². The number of carboxylic acids is 2. The molecule has 2 aromatic rings. The number of carboxylic acid groups (broad SMARTS) is 2. The molecule has 0 aliphatic heterocycles. The van der Waals surface area contributed by atoms with Gasteiger partial charge in [-0.1, -0.05) is 26.0 Å². The molecule has 0 saturated carbocycles. The summed E-state index contributed by atoms with van der Waals surface area (Å²) < 4.78 is 0. The number of carbonyl (C=O) groups excluding carboxylic acids is 7. The van der Waals surface area contributed by atoms with Crippen molar-refractivity contribution in [3.05, 3.63) is 68.3 Å². The molecular weight excluding hydrogens is 957 g/mol. The second kappa shape index (κ2) is 30.1. The molecule has 28 heteroatoms. The summed E-state index contributed by atoms with van der Waals surface area (Å²) in [5.41, 5.74) is 10.8. The van der Waals surface area contributed by atoms with Gasteiger partial charge in [0.15, 0.2) is 0 Å². The number of hydrogen-bond donors (Lipinski definition) is 12. The van der Waals surface area contributed by atoms with E-state index in [9.17, 15) is 73.6 Å². The Bertz CT molecular complexity index is 2250. The average Bonchev–Trinajstić information content (AvgIpc) is 3.30. The highest BCUT2D eigenvalue weighted by atomic mass is 32.2. The van der Waals surface area contributed by atoms with Crippen molar-refractivity contribution < 1.29 is 63.2 Å². The number of non-ortho nitro benzene ring substituents is 1. The third-order valence-electron chi connectivity index (χ3n) is 10.5. The molecule has 0 heterocycles. The topological polar surface area (TPSA) is 429 Å². The largest absolute Gasteiger partial charge is 0.481 e. The van der Waals surface area contributed by atoms with E-state index in [4.69, 9.17) is 11.5 Å². The van der Waals surface area contributed by atoms with Gasteiger partial charge in [0.05, 0.1) is 27.9 Å². The molecule has 27 nitrogen and oxygen atoms in total. The number of hydrogen-bond acceptors (Lipinski definition) is 17. The van der Waals surface area contributed by atoms with Crippen molar-refractivity contribution >= 4 is 87.8 Å². The number of benzene rings is 2. The first kappa shape index (κ1) is 59.5. The lowest BCUT2D eigenvalue weighted by Gasteiger charge is -2.27. The second-order valence-electron chi connectivity index (χ2n) is 16.3. The van der Waals surface area contributed by atoms with Crippen molar-refractivity contribution in [1.82, 2.24) is 37.2 Å². The molecule has 2 rings (SSSR count). The van der Waals surface area contributed by atoms with E-state index in [1.165, 1.54) is 23.9 Å². The third kappa shape index (κ3) is 20.5. The van der Waals surface area contributed by atoms with Crippen LogP contribution in [0.3, 0.4) is 0 Å². The Kier molecular flexibility index (Phi) is 25.2. The fourth-order valence-electron chi connectivity index (χ4n) is 6.54. The number of amides is 7. The van der Waals surface area contributed by atoms with Crippen molar-refractivity contribution in [3.63, 3.8) is 0 Å². The maximum Gasteiger partial charge on any atom is 0.326 e. The fraction of sp³-hybridized carbons (Fsp3) is 0.512. The van der Waals surface area contributed by atoms with Crippen LogP contribution in [-0.4, -0.2) is 141 Å². The van der Waals surface area contributed by atoms with Crippen molar-refractivity contribution in [2.75, 3.05) is 42.7 Å². The fourth-order valence-corrected chi connectivity index (χ4v) is 7.02. The molecule has 0 unspecified atom stereocenters. The maximum absolute atomic E-state index is 13.9. The molecule has 0 radical (unpaired) electrons. The van der Waals surface area contributed by atoms with Gasteiger partial charge in [0, 0.05) is 31.3 Å². The Balaban J connectivity index is 2.11. The number of carbonyl (C=O) groups is 9. The predicted octanol–water partition coefficient (Wildman–Crippen LogP) is -0.267. The Labute approximate surface area is 411 Å². The number of rotatable bonds is 32. The number of thioether (sulfide) groups is 1. The summed E-state index contributed by atoms with van der Waals surface area (Å²) in [4.78, 5) is 138. The minimum absolute atomic E-state index is 0.0238. The predicted molar refractivity (Wildman–Crippen MR) is 259 cm³/mol. The maximum atomic E-state index is 13.9. The Morgan fingerprint density at radius 2 is 1.31 bits per heavy atom. The summed E-state index contributed by atoms with van der Waals surface area (Å²) in [7, 11) is 0. The van der Waals surface area contributed by atoms with Crippen LogP contribution in [0.2, 0.25) is 0 Å². The highest BCUT2D eigenvalue weighted by molar-refractivity contribution is 7.98. The standard InChI is InChI=1S/C43H62N12O15S/c1-23(2)36(53-38(60)26-9-5-6-10-27(26)45)42(64)50-29(11-7-8-17-44)39(61)49-30(16-20-71-4)40(62)52-32(22-35(57)58)41(63)48-24(3)37(59)51-31(43(65)66)14-15-34(56)47-19-18-46-28-13-12-25(54(67)68)21-33(28)55(69)70/h5-6,9-10,12-13,21,23-24,29-32,36,46H,7-8,11,14-20,22,44-45H2,1-4H3,(H,47,56)(H,48,63)(H,49,61)(H,50,64)(H,51,59)(H,52,62)(H,53,60)(H,57,58)(H,65,66)/t24-,29-,30-,31-,32-,36-/m0/s1. The van der Waals surface area contributed by atoms with Crippen LogP contribution >= 0.6 is 11.8 Å². The molecule has 2 aromatic carbocycles. The smallest absolute Gasteiger partial charge is 0.326 e. The molecular formula is C43H62N12O15S. The van der Waals surface area contributed by atoms with Crippen LogP contribution in [0.15, 0.2) is 42.5 Å². The van der Waals surface area contributed by atoms with Crippen molar-refractivity contribution in [2.45, 2.75) is 102 Å². The van der Waals surface area contributed by atoms with E-state index in [0.29, 0.717) is 18.6 Å². The lowest BCUT2D eigenvalue weighted by molar-refractivity contribution is -0.393. The first-order valence-electron chi connectivity index (χ1n) is 22.2. The SMILES string of the molecule is CSCC[C@H](NC(=O)[C@H](CCCCN)NC(=O)[C@@H](NC(=O)c1ccccc1N)C(C)C)C(=O)N[C@@H](CC(=O)O)C(=O)N[C@@H](C)C(=O)N[C@@H](CCC(=O)NCCNc1ccc([N+](=O)[O-])cc1[N+](=O)[O-])C(=O)O. The molecule has 0 saturated heterocycles. The lowest BCUT2D eigenvalue weighted by Crippen LogP contribution is -2.60. The highest BCUT2D eigenvalue weighted by Gasteiger charge is 2.34. The summed E-state index contributed by atoms with van der Waals surface area (Å²) in [6.45, 7) is 4.60. The highest BCUT2D eigenvalue weighted by Crippen LogP contribution is 2.28. The Hall–Kier alpha value is -7.62. The first-order chi connectivity index (χ1) is 33.5. The molecule has 0 bridgehead atoms.